The predicted molar refractivity (Wildman–Crippen MR) is 123 cm³/mol. The van der Waals surface area contributed by atoms with Crippen molar-refractivity contribution in [2.75, 3.05) is 5.32 Å². The van der Waals surface area contributed by atoms with E-state index in [1.807, 2.05) is 43.3 Å². The lowest BCUT2D eigenvalue weighted by molar-refractivity contribution is 0.102. The average molecular weight is 459 g/mol. The number of benzene rings is 2. The molecule has 0 fully saturated rings. The summed E-state index contributed by atoms with van der Waals surface area (Å²) in [6, 6.07) is 14.4. The van der Waals surface area contributed by atoms with E-state index in [0.29, 0.717) is 5.56 Å². The third kappa shape index (κ3) is 5.75. The second-order valence-corrected chi connectivity index (χ2v) is 11.3. The van der Waals surface area contributed by atoms with Crippen molar-refractivity contribution in [2.24, 2.45) is 0 Å². The molecule has 0 spiro atoms. The molecule has 1 amide bonds. The molecule has 7 nitrogen and oxygen atoms in total. The molecule has 0 aliphatic rings. The lowest BCUT2D eigenvalue weighted by Gasteiger charge is -2.20. The maximum atomic E-state index is 12.7. The van der Waals surface area contributed by atoms with Crippen LogP contribution in [-0.4, -0.2) is 24.5 Å². The van der Waals surface area contributed by atoms with Gasteiger partial charge >= 0.3 is 0 Å². The number of hydrogen-bond acceptors (Lipinski definition) is 6. The van der Waals surface area contributed by atoms with E-state index in [2.05, 4.69) is 41.0 Å². The highest BCUT2D eigenvalue weighted by Gasteiger charge is 2.24. The number of rotatable bonds is 6. The number of aryl methyl sites for hydroxylation is 1. The third-order valence-corrected chi connectivity index (χ3v) is 7.53. The predicted octanol–water partition coefficient (Wildman–Crippen LogP) is 4.44. The van der Waals surface area contributed by atoms with E-state index in [0.717, 1.165) is 22.5 Å². The molecule has 0 bridgehead atoms. The van der Waals surface area contributed by atoms with Crippen molar-refractivity contribution in [3.05, 3.63) is 70.8 Å². The van der Waals surface area contributed by atoms with E-state index < -0.39 is 16.1 Å². The number of nitrogens with one attached hydrogen (secondary N) is 2. The van der Waals surface area contributed by atoms with Gasteiger partial charge in [0.25, 0.3) is 15.9 Å². The number of anilines is 1. The second-order valence-electron chi connectivity index (χ2n) is 8.41. The van der Waals surface area contributed by atoms with Crippen molar-refractivity contribution in [1.82, 2.24) is 14.9 Å². The van der Waals surface area contributed by atoms with Crippen LogP contribution in [-0.2, 0) is 15.4 Å². The van der Waals surface area contributed by atoms with Gasteiger partial charge in [0, 0.05) is 11.6 Å². The Kier molecular flexibility index (Phi) is 6.59. The van der Waals surface area contributed by atoms with Crippen LogP contribution < -0.4 is 10.0 Å². The molecule has 0 aliphatic carbocycles. The van der Waals surface area contributed by atoms with E-state index in [1.54, 1.807) is 19.1 Å². The SMILES string of the molecule is Cc1ccc(C(=O)Nc2nnc(S(=O)(=O)NC(C)c3ccc(C(C)(C)C)cc3)s2)cc1. The highest BCUT2D eigenvalue weighted by atomic mass is 32.2. The van der Waals surface area contributed by atoms with Crippen LogP contribution >= 0.6 is 11.3 Å². The number of amides is 1. The fourth-order valence-electron chi connectivity index (χ4n) is 2.87. The van der Waals surface area contributed by atoms with Crippen LogP contribution in [0, 0.1) is 6.92 Å². The van der Waals surface area contributed by atoms with Crippen LogP contribution in [0.15, 0.2) is 52.9 Å². The highest BCUT2D eigenvalue weighted by molar-refractivity contribution is 7.91. The number of hydrogen-bond donors (Lipinski definition) is 2. The molecule has 1 atom stereocenters. The van der Waals surface area contributed by atoms with E-state index in [9.17, 15) is 13.2 Å². The van der Waals surface area contributed by atoms with E-state index in [4.69, 9.17) is 0 Å². The van der Waals surface area contributed by atoms with Crippen molar-refractivity contribution in [2.45, 2.75) is 50.4 Å². The van der Waals surface area contributed by atoms with E-state index >= 15 is 0 Å². The largest absolute Gasteiger partial charge is 0.296 e. The summed E-state index contributed by atoms with van der Waals surface area (Å²) in [7, 11) is -3.89. The number of carbonyl (C=O) groups excluding carboxylic acids is 1. The number of aromatic nitrogens is 2. The first-order valence-electron chi connectivity index (χ1n) is 9.80. The average Bonchev–Trinajstić information content (AvgIpc) is 3.17. The summed E-state index contributed by atoms with van der Waals surface area (Å²) in [5.41, 5.74) is 3.52. The van der Waals surface area contributed by atoms with Gasteiger partial charge in [-0.25, -0.2) is 13.1 Å². The molecule has 1 heterocycles. The Bertz CT molecular complexity index is 1160. The third-order valence-electron chi connectivity index (χ3n) is 4.78. The minimum atomic E-state index is -3.89. The molecule has 0 radical (unpaired) electrons. The molecule has 1 aromatic heterocycles. The molecular weight excluding hydrogens is 432 g/mol. The Labute approximate surface area is 187 Å². The van der Waals surface area contributed by atoms with Gasteiger partial charge in [0.15, 0.2) is 0 Å². The standard InChI is InChI=1S/C22H26N4O3S2/c1-14-6-8-17(9-7-14)19(27)23-20-24-25-21(30-20)31(28,29)26-15(2)16-10-12-18(13-11-16)22(3,4)5/h6-13,15,26H,1-5H3,(H,23,24,27). The molecule has 1 unspecified atom stereocenters. The van der Waals surface area contributed by atoms with Gasteiger partial charge in [0.1, 0.15) is 0 Å². The van der Waals surface area contributed by atoms with Crippen LogP contribution in [0.4, 0.5) is 5.13 Å². The molecule has 2 N–H and O–H groups in total. The summed E-state index contributed by atoms with van der Waals surface area (Å²) in [5.74, 6) is -0.375. The van der Waals surface area contributed by atoms with Crippen LogP contribution in [0.25, 0.3) is 0 Å². The van der Waals surface area contributed by atoms with Crippen LogP contribution in [0.5, 0.6) is 0 Å². The van der Waals surface area contributed by atoms with Gasteiger partial charge < -0.3 is 0 Å². The van der Waals surface area contributed by atoms with Gasteiger partial charge in [-0.1, -0.05) is 74.1 Å². The molecule has 0 saturated heterocycles. The van der Waals surface area contributed by atoms with E-state index in [-0.39, 0.29) is 20.8 Å². The molecule has 3 rings (SSSR count). The van der Waals surface area contributed by atoms with Crippen molar-refractivity contribution in [3.8, 4) is 0 Å². The first-order valence-corrected chi connectivity index (χ1v) is 12.1. The van der Waals surface area contributed by atoms with Gasteiger partial charge in [-0.3, -0.25) is 10.1 Å². The Morgan fingerprint density at radius 2 is 1.61 bits per heavy atom. The molecular formula is C22H26N4O3S2. The zero-order valence-electron chi connectivity index (χ0n) is 18.1. The topological polar surface area (TPSA) is 101 Å². The minimum absolute atomic E-state index is 0.0211. The van der Waals surface area contributed by atoms with E-state index in [1.165, 1.54) is 5.56 Å². The van der Waals surface area contributed by atoms with Crippen molar-refractivity contribution in [3.63, 3.8) is 0 Å². The van der Waals surface area contributed by atoms with Gasteiger partial charge in [0.2, 0.25) is 9.47 Å². The van der Waals surface area contributed by atoms with Gasteiger partial charge in [-0.15, -0.1) is 10.2 Å². The Balaban J connectivity index is 1.69. The zero-order chi connectivity index (χ0) is 22.8. The van der Waals surface area contributed by atoms with Crippen LogP contribution in [0.2, 0.25) is 0 Å². The molecule has 9 heteroatoms. The fourth-order valence-corrected chi connectivity index (χ4v) is 5.01. The van der Waals surface area contributed by atoms with Gasteiger partial charge in [0.05, 0.1) is 0 Å². The van der Waals surface area contributed by atoms with Crippen molar-refractivity contribution < 1.29 is 13.2 Å². The Morgan fingerprint density at radius 1 is 1.00 bits per heavy atom. The molecule has 31 heavy (non-hydrogen) atoms. The molecule has 0 aliphatic heterocycles. The quantitative estimate of drug-likeness (QED) is 0.532. The number of sulfonamides is 1. The minimum Gasteiger partial charge on any atom is -0.296 e. The van der Waals surface area contributed by atoms with Gasteiger partial charge in [-0.05, 0) is 42.5 Å². The Morgan fingerprint density at radius 3 is 2.19 bits per heavy atom. The number of nitrogens with zero attached hydrogens (tertiary/aromatic N) is 2. The lowest BCUT2D eigenvalue weighted by atomic mass is 9.86. The summed E-state index contributed by atoms with van der Waals surface area (Å²) in [6.45, 7) is 10.1. The molecule has 0 saturated carbocycles. The second kappa shape index (κ2) is 8.86. The smallest absolute Gasteiger partial charge is 0.270 e. The highest BCUT2D eigenvalue weighted by Crippen LogP contribution is 2.26. The number of carbonyl (C=O) groups is 1. The molecule has 3 aromatic rings. The Hall–Kier alpha value is -2.62. The van der Waals surface area contributed by atoms with Crippen molar-refractivity contribution in [1.29, 1.82) is 0 Å². The summed E-state index contributed by atoms with van der Waals surface area (Å²) in [6.07, 6.45) is 0. The molecule has 164 valence electrons. The molecule has 2 aromatic carbocycles. The summed E-state index contributed by atoms with van der Waals surface area (Å²) < 4.78 is 27.9. The fraction of sp³-hybridized carbons (Fsp3) is 0.318. The zero-order valence-corrected chi connectivity index (χ0v) is 19.8. The first-order chi connectivity index (χ1) is 14.5. The normalized spacial score (nSPS) is 13.1. The van der Waals surface area contributed by atoms with Crippen LogP contribution in [0.1, 0.15) is 60.8 Å². The van der Waals surface area contributed by atoms with Crippen LogP contribution in [0.3, 0.4) is 0 Å². The first kappa shape index (κ1) is 23.1. The van der Waals surface area contributed by atoms with Gasteiger partial charge in [-0.2, -0.15) is 0 Å². The maximum absolute atomic E-state index is 12.7. The maximum Gasteiger partial charge on any atom is 0.270 e. The lowest BCUT2D eigenvalue weighted by Crippen LogP contribution is -2.27. The summed E-state index contributed by atoms with van der Waals surface area (Å²) in [4.78, 5) is 12.3. The van der Waals surface area contributed by atoms with Crippen molar-refractivity contribution >= 4 is 32.4 Å². The summed E-state index contributed by atoms with van der Waals surface area (Å²) in [5, 5.41) is 10.3. The summed E-state index contributed by atoms with van der Waals surface area (Å²) >= 11 is 0.804. The monoisotopic (exact) mass is 458 g/mol.